The number of rotatable bonds is 9. The van der Waals surface area contributed by atoms with Crippen LogP contribution < -0.4 is 6.15 Å². The van der Waals surface area contributed by atoms with Crippen LogP contribution in [0.4, 0.5) is 0 Å². The Bertz CT molecular complexity index is 122. The minimum Gasteiger partial charge on any atom is -0.344 e. The molecular weight excluding hydrogens is 220 g/mol. The van der Waals surface area contributed by atoms with Gasteiger partial charge in [-0.25, -0.2) is 0 Å². The van der Waals surface area contributed by atoms with Crippen molar-refractivity contribution >= 4 is 12.4 Å². The average Bonchev–Trinajstić information content (AvgIpc) is 2.08. The van der Waals surface area contributed by atoms with Gasteiger partial charge in [-0.15, -0.1) is 12.4 Å². The molecular formula is C13H34ClN2+. The first-order chi connectivity index (χ1) is 6.56. The van der Waals surface area contributed by atoms with E-state index in [0.29, 0.717) is 0 Å². The van der Waals surface area contributed by atoms with Crippen LogP contribution in [-0.4, -0.2) is 32.2 Å². The molecule has 16 heavy (non-hydrogen) atoms. The summed E-state index contributed by atoms with van der Waals surface area (Å²) in [7, 11) is 6.84. The summed E-state index contributed by atoms with van der Waals surface area (Å²) in [6.45, 7) is 3.61. The zero-order chi connectivity index (χ0) is 10.9. The molecule has 0 heterocycles. The number of hydrogen-bond donors (Lipinski definition) is 1. The summed E-state index contributed by atoms with van der Waals surface area (Å²) in [5.41, 5.74) is 0. The monoisotopic (exact) mass is 253 g/mol. The van der Waals surface area contributed by atoms with Crippen molar-refractivity contribution in [3.63, 3.8) is 0 Å². The summed E-state index contributed by atoms with van der Waals surface area (Å²) in [5, 5.41) is 0. The topological polar surface area (TPSA) is 35.0 Å². The second kappa shape index (κ2) is 13.3. The lowest BCUT2D eigenvalue weighted by Crippen LogP contribution is -2.35. The van der Waals surface area contributed by atoms with Crippen molar-refractivity contribution in [2.75, 3.05) is 27.7 Å². The second-order valence-corrected chi connectivity index (χ2v) is 5.49. The predicted octanol–water partition coefficient (Wildman–Crippen LogP) is 4.42. The first-order valence-electron chi connectivity index (χ1n) is 6.36. The molecule has 0 rings (SSSR count). The third-order valence-corrected chi connectivity index (χ3v) is 2.68. The van der Waals surface area contributed by atoms with Gasteiger partial charge in [0, 0.05) is 0 Å². The van der Waals surface area contributed by atoms with Crippen LogP contribution in [0.25, 0.3) is 0 Å². The molecule has 0 aliphatic rings. The number of quaternary nitrogens is 1. The van der Waals surface area contributed by atoms with Crippen LogP contribution in [0.15, 0.2) is 0 Å². The molecule has 0 amide bonds. The number of nitrogens with zero attached hydrogens (tertiary/aromatic N) is 1. The lowest BCUT2D eigenvalue weighted by atomic mass is 10.1. The largest absolute Gasteiger partial charge is 0.344 e. The summed E-state index contributed by atoms with van der Waals surface area (Å²) >= 11 is 0. The van der Waals surface area contributed by atoms with Gasteiger partial charge in [0.1, 0.15) is 0 Å². The second-order valence-electron chi connectivity index (χ2n) is 5.49. The van der Waals surface area contributed by atoms with Gasteiger partial charge in [0.25, 0.3) is 0 Å². The van der Waals surface area contributed by atoms with E-state index in [4.69, 9.17) is 0 Å². The zero-order valence-electron chi connectivity index (χ0n) is 11.9. The van der Waals surface area contributed by atoms with Crippen LogP contribution in [0.3, 0.4) is 0 Å². The van der Waals surface area contributed by atoms with Crippen molar-refractivity contribution in [1.82, 2.24) is 6.15 Å². The average molecular weight is 254 g/mol. The van der Waals surface area contributed by atoms with Crippen LogP contribution in [-0.2, 0) is 0 Å². The van der Waals surface area contributed by atoms with E-state index in [1.54, 1.807) is 0 Å². The van der Waals surface area contributed by atoms with Crippen molar-refractivity contribution in [2.24, 2.45) is 0 Å². The minimum absolute atomic E-state index is 0. The fourth-order valence-electron chi connectivity index (χ4n) is 1.72. The fraction of sp³-hybridized carbons (Fsp3) is 1.00. The van der Waals surface area contributed by atoms with Gasteiger partial charge in [0.05, 0.1) is 27.7 Å². The molecule has 102 valence electrons. The summed E-state index contributed by atoms with van der Waals surface area (Å²) in [6.07, 6.45) is 11.4. The Kier molecular flexibility index (Phi) is 17.8. The first-order valence-corrected chi connectivity index (χ1v) is 6.36. The Morgan fingerprint density at radius 3 is 1.44 bits per heavy atom. The summed E-state index contributed by atoms with van der Waals surface area (Å²) < 4.78 is 1.12. The minimum atomic E-state index is 0. The van der Waals surface area contributed by atoms with E-state index in [0.717, 1.165) is 4.48 Å². The highest BCUT2D eigenvalue weighted by atomic mass is 35.5. The van der Waals surface area contributed by atoms with Gasteiger partial charge in [-0.3, -0.25) is 0 Å². The van der Waals surface area contributed by atoms with Crippen LogP contribution >= 0.6 is 12.4 Å². The quantitative estimate of drug-likeness (QED) is 0.479. The van der Waals surface area contributed by atoms with Gasteiger partial charge in [-0.2, -0.15) is 0 Å². The van der Waals surface area contributed by atoms with E-state index in [-0.39, 0.29) is 18.6 Å². The summed E-state index contributed by atoms with van der Waals surface area (Å²) in [5.74, 6) is 0. The smallest absolute Gasteiger partial charge is 0.0780 e. The van der Waals surface area contributed by atoms with E-state index in [1.807, 2.05) is 0 Å². The normalized spacial score (nSPS) is 10.5. The molecule has 0 saturated carbocycles. The maximum Gasteiger partial charge on any atom is 0.0780 e. The Morgan fingerprint density at radius 1 is 0.688 bits per heavy atom. The molecule has 0 aromatic rings. The van der Waals surface area contributed by atoms with Crippen LogP contribution in [0.5, 0.6) is 0 Å². The molecule has 0 fully saturated rings. The van der Waals surface area contributed by atoms with E-state index >= 15 is 0 Å². The molecule has 0 saturated heterocycles. The Hall–Kier alpha value is 0.210. The van der Waals surface area contributed by atoms with Gasteiger partial charge in [0.2, 0.25) is 0 Å². The first kappa shape index (κ1) is 21.5. The highest BCUT2D eigenvalue weighted by Gasteiger charge is 2.04. The SMILES string of the molecule is CCCCCCCCCC[N+](C)(C)C.Cl.N. The number of halogens is 1. The molecule has 3 heteroatoms. The molecule has 0 aromatic carbocycles. The molecule has 0 radical (unpaired) electrons. The van der Waals surface area contributed by atoms with Crippen molar-refractivity contribution in [2.45, 2.75) is 58.3 Å². The Morgan fingerprint density at radius 2 is 1.06 bits per heavy atom. The number of hydrogen-bond acceptors (Lipinski definition) is 1. The van der Waals surface area contributed by atoms with Crippen molar-refractivity contribution < 1.29 is 4.48 Å². The van der Waals surface area contributed by atoms with Crippen LogP contribution in [0.1, 0.15) is 58.3 Å². The summed E-state index contributed by atoms with van der Waals surface area (Å²) in [4.78, 5) is 0. The fourth-order valence-corrected chi connectivity index (χ4v) is 1.72. The molecule has 2 nitrogen and oxygen atoms in total. The highest BCUT2D eigenvalue weighted by molar-refractivity contribution is 5.85. The Labute approximate surface area is 109 Å². The van der Waals surface area contributed by atoms with Gasteiger partial charge in [-0.1, -0.05) is 45.4 Å². The van der Waals surface area contributed by atoms with E-state index in [9.17, 15) is 0 Å². The van der Waals surface area contributed by atoms with Crippen molar-refractivity contribution in [3.05, 3.63) is 0 Å². The van der Waals surface area contributed by atoms with Gasteiger partial charge < -0.3 is 10.6 Å². The van der Waals surface area contributed by atoms with Crippen molar-refractivity contribution in [1.29, 1.82) is 0 Å². The lowest BCUT2D eigenvalue weighted by molar-refractivity contribution is -0.870. The molecule has 0 aliphatic heterocycles. The van der Waals surface area contributed by atoms with Gasteiger partial charge >= 0.3 is 0 Å². The standard InChI is InChI=1S/C13H30N.ClH.H3N/c1-5-6-7-8-9-10-11-12-13-14(2,3)4;;/h5-13H2,1-4H3;1H;1H3/q+1;;. The molecule has 0 spiro atoms. The van der Waals surface area contributed by atoms with Crippen LogP contribution in [0, 0.1) is 0 Å². The molecule has 0 unspecified atom stereocenters. The third kappa shape index (κ3) is 19.7. The van der Waals surface area contributed by atoms with Gasteiger partial charge in [0.15, 0.2) is 0 Å². The third-order valence-electron chi connectivity index (χ3n) is 2.68. The maximum absolute atomic E-state index is 2.28. The molecule has 3 N–H and O–H groups in total. The number of unbranched alkanes of at least 4 members (excludes halogenated alkanes) is 7. The Balaban J connectivity index is -0.000000845. The molecule has 0 aromatic heterocycles. The molecule has 0 atom stereocenters. The molecule has 0 aliphatic carbocycles. The van der Waals surface area contributed by atoms with E-state index in [2.05, 4.69) is 28.1 Å². The van der Waals surface area contributed by atoms with Crippen molar-refractivity contribution in [3.8, 4) is 0 Å². The summed E-state index contributed by atoms with van der Waals surface area (Å²) in [6, 6.07) is 0. The van der Waals surface area contributed by atoms with E-state index < -0.39 is 0 Å². The zero-order valence-corrected chi connectivity index (χ0v) is 12.7. The molecule has 0 bridgehead atoms. The highest BCUT2D eigenvalue weighted by Crippen LogP contribution is 2.09. The lowest BCUT2D eigenvalue weighted by Gasteiger charge is -2.23. The predicted molar refractivity (Wildman–Crippen MR) is 77.8 cm³/mol. The van der Waals surface area contributed by atoms with E-state index in [1.165, 1.54) is 57.9 Å². The van der Waals surface area contributed by atoms with Gasteiger partial charge in [-0.05, 0) is 12.8 Å². The maximum atomic E-state index is 2.28. The van der Waals surface area contributed by atoms with Crippen LogP contribution in [0.2, 0.25) is 0 Å².